The van der Waals surface area contributed by atoms with E-state index in [1.54, 1.807) is 26.4 Å². The molecule has 2 N–H and O–H groups in total. The van der Waals surface area contributed by atoms with Crippen LogP contribution in [0.3, 0.4) is 0 Å². The van der Waals surface area contributed by atoms with Gasteiger partial charge in [-0.1, -0.05) is 29.8 Å². The number of hydrogen-bond donors (Lipinski definition) is 2. The number of halogens is 1. The van der Waals surface area contributed by atoms with E-state index in [-0.39, 0.29) is 5.56 Å². The van der Waals surface area contributed by atoms with Gasteiger partial charge in [0.1, 0.15) is 5.69 Å². The lowest BCUT2D eigenvalue weighted by molar-refractivity contribution is 0.354. The molecule has 3 rings (SSSR count). The van der Waals surface area contributed by atoms with Crippen LogP contribution in [-0.2, 0) is 12.8 Å². The molecule has 0 bridgehead atoms. The van der Waals surface area contributed by atoms with Gasteiger partial charge in [0, 0.05) is 18.0 Å². The van der Waals surface area contributed by atoms with Gasteiger partial charge in [-0.25, -0.2) is 0 Å². The van der Waals surface area contributed by atoms with Gasteiger partial charge in [0.25, 0.3) is 5.56 Å². The lowest BCUT2D eigenvalue weighted by Crippen LogP contribution is -2.20. The van der Waals surface area contributed by atoms with Gasteiger partial charge in [-0.2, -0.15) is 0 Å². The summed E-state index contributed by atoms with van der Waals surface area (Å²) in [5.74, 6) is 1.70. The quantitative estimate of drug-likeness (QED) is 0.604. The number of H-pyrrole nitrogens is 1. The van der Waals surface area contributed by atoms with Crippen molar-refractivity contribution in [1.82, 2.24) is 15.2 Å². The van der Waals surface area contributed by atoms with Gasteiger partial charge < -0.3 is 14.8 Å². The Morgan fingerprint density at radius 3 is 2.39 bits per heavy atom. The summed E-state index contributed by atoms with van der Waals surface area (Å²) in [6.07, 6.45) is 1.11. The summed E-state index contributed by atoms with van der Waals surface area (Å²) in [5, 5.41) is 11.8. The van der Waals surface area contributed by atoms with Crippen LogP contribution >= 0.6 is 11.6 Å². The molecule has 0 aliphatic heterocycles. The van der Waals surface area contributed by atoms with Gasteiger partial charge in [-0.15, -0.1) is 10.2 Å². The summed E-state index contributed by atoms with van der Waals surface area (Å²) in [5.41, 5.74) is 2.10. The fourth-order valence-electron chi connectivity index (χ4n) is 2.71. The number of methoxy groups -OCH3 is 2. The Hall–Kier alpha value is -3.06. The fourth-order valence-corrected chi connectivity index (χ4v) is 2.84. The first-order valence-electron chi connectivity index (χ1n) is 8.74. The zero-order valence-corrected chi connectivity index (χ0v) is 16.4. The summed E-state index contributed by atoms with van der Waals surface area (Å²) in [4.78, 5) is 15.0. The van der Waals surface area contributed by atoms with Crippen LogP contribution in [0.2, 0.25) is 5.02 Å². The van der Waals surface area contributed by atoms with E-state index in [9.17, 15) is 4.79 Å². The third-order valence-corrected chi connectivity index (χ3v) is 4.46. The second-order valence-corrected chi connectivity index (χ2v) is 6.56. The van der Waals surface area contributed by atoms with Crippen molar-refractivity contribution in [1.29, 1.82) is 0 Å². The molecule has 2 aromatic carbocycles. The SMILES string of the molecule is COc1ccc(CCNc2nnc(Cc3ccc(Cl)cc3)c(=O)[nH]2)cc1OC. The molecule has 146 valence electrons. The molecule has 0 aliphatic rings. The highest BCUT2D eigenvalue weighted by Crippen LogP contribution is 2.27. The first-order valence-corrected chi connectivity index (χ1v) is 9.12. The molecule has 1 heterocycles. The van der Waals surface area contributed by atoms with Crippen LogP contribution in [0.25, 0.3) is 0 Å². The predicted octanol–water partition coefficient (Wildman–Crippen LogP) is 3.08. The van der Waals surface area contributed by atoms with Crippen LogP contribution in [0.15, 0.2) is 47.3 Å². The lowest BCUT2D eigenvalue weighted by atomic mass is 10.1. The normalized spacial score (nSPS) is 10.5. The molecule has 3 aromatic rings. The lowest BCUT2D eigenvalue weighted by Gasteiger charge is -2.10. The Bertz CT molecular complexity index is 989. The number of aromatic amines is 1. The van der Waals surface area contributed by atoms with Gasteiger partial charge in [0.2, 0.25) is 5.95 Å². The summed E-state index contributed by atoms with van der Waals surface area (Å²) < 4.78 is 10.5. The molecule has 0 atom stereocenters. The Kier molecular flexibility index (Phi) is 6.49. The highest BCUT2D eigenvalue weighted by atomic mass is 35.5. The Balaban J connectivity index is 1.59. The van der Waals surface area contributed by atoms with Gasteiger partial charge in [-0.3, -0.25) is 9.78 Å². The summed E-state index contributed by atoms with van der Waals surface area (Å²) in [6.45, 7) is 0.580. The largest absolute Gasteiger partial charge is 0.493 e. The fraction of sp³-hybridized carbons (Fsp3) is 0.250. The van der Waals surface area contributed by atoms with Gasteiger partial charge in [-0.05, 0) is 41.8 Å². The van der Waals surface area contributed by atoms with Crippen LogP contribution in [-0.4, -0.2) is 35.9 Å². The van der Waals surface area contributed by atoms with Gasteiger partial charge >= 0.3 is 0 Å². The minimum Gasteiger partial charge on any atom is -0.493 e. The average Bonchev–Trinajstić information content (AvgIpc) is 2.71. The van der Waals surface area contributed by atoms with E-state index in [2.05, 4.69) is 20.5 Å². The van der Waals surface area contributed by atoms with E-state index in [0.717, 1.165) is 17.5 Å². The molecule has 0 spiro atoms. The molecule has 7 nitrogen and oxygen atoms in total. The molecular formula is C20H21ClN4O3. The number of aromatic nitrogens is 3. The molecule has 0 radical (unpaired) electrons. The molecule has 0 aliphatic carbocycles. The third kappa shape index (κ3) is 5.01. The number of nitrogens with zero attached hydrogens (tertiary/aromatic N) is 2. The van der Waals surface area contributed by atoms with E-state index in [4.69, 9.17) is 21.1 Å². The minimum atomic E-state index is -0.265. The third-order valence-electron chi connectivity index (χ3n) is 4.20. The average molecular weight is 401 g/mol. The molecule has 8 heteroatoms. The van der Waals surface area contributed by atoms with Crippen molar-refractivity contribution in [2.45, 2.75) is 12.8 Å². The number of nitrogens with one attached hydrogen (secondary N) is 2. The maximum Gasteiger partial charge on any atom is 0.274 e. The highest BCUT2D eigenvalue weighted by Gasteiger charge is 2.07. The standard InChI is InChI=1S/C20H21ClN4O3/c1-27-17-8-5-14(12-18(17)28-2)9-10-22-20-23-19(26)16(24-25-20)11-13-3-6-15(21)7-4-13/h3-8,12H,9-11H2,1-2H3,(H2,22,23,25,26). The maximum absolute atomic E-state index is 12.2. The van der Waals surface area contributed by atoms with E-state index in [1.165, 1.54) is 0 Å². The monoisotopic (exact) mass is 400 g/mol. The molecule has 28 heavy (non-hydrogen) atoms. The predicted molar refractivity (Wildman–Crippen MR) is 109 cm³/mol. The number of hydrogen-bond acceptors (Lipinski definition) is 6. The van der Waals surface area contributed by atoms with Crippen LogP contribution in [0.5, 0.6) is 11.5 Å². The van der Waals surface area contributed by atoms with Crippen molar-refractivity contribution in [3.8, 4) is 11.5 Å². The maximum atomic E-state index is 12.2. The van der Waals surface area contributed by atoms with Crippen LogP contribution in [0, 0.1) is 0 Å². The first-order chi connectivity index (χ1) is 13.6. The van der Waals surface area contributed by atoms with E-state index in [1.807, 2.05) is 30.3 Å². The summed E-state index contributed by atoms with van der Waals surface area (Å²) >= 11 is 5.87. The zero-order chi connectivity index (χ0) is 19.9. The van der Waals surface area contributed by atoms with Crippen molar-refractivity contribution in [3.05, 3.63) is 74.7 Å². The van der Waals surface area contributed by atoms with E-state index < -0.39 is 0 Å². The summed E-state index contributed by atoms with van der Waals surface area (Å²) in [7, 11) is 3.20. The van der Waals surface area contributed by atoms with Crippen LogP contribution in [0.4, 0.5) is 5.95 Å². The van der Waals surface area contributed by atoms with Crippen molar-refractivity contribution >= 4 is 17.5 Å². The van der Waals surface area contributed by atoms with Crippen LogP contribution < -0.4 is 20.3 Å². The van der Waals surface area contributed by atoms with E-state index in [0.29, 0.717) is 41.1 Å². The van der Waals surface area contributed by atoms with Gasteiger partial charge in [0.05, 0.1) is 14.2 Å². The van der Waals surface area contributed by atoms with E-state index >= 15 is 0 Å². The molecule has 0 unspecified atom stereocenters. The first kappa shape index (κ1) is 19.7. The Morgan fingerprint density at radius 1 is 1.00 bits per heavy atom. The van der Waals surface area contributed by atoms with Crippen molar-refractivity contribution in [2.75, 3.05) is 26.1 Å². The number of ether oxygens (including phenoxy) is 2. The molecular weight excluding hydrogens is 380 g/mol. The van der Waals surface area contributed by atoms with Crippen LogP contribution in [0.1, 0.15) is 16.8 Å². The van der Waals surface area contributed by atoms with Crippen molar-refractivity contribution < 1.29 is 9.47 Å². The topological polar surface area (TPSA) is 89.1 Å². The zero-order valence-electron chi connectivity index (χ0n) is 15.7. The van der Waals surface area contributed by atoms with Gasteiger partial charge in [0.15, 0.2) is 11.5 Å². The Morgan fingerprint density at radius 2 is 1.71 bits per heavy atom. The summed E-state index contributed by atoms with van der Waals surface area (Å²) in [6, 6.07) is 13.0. The number of rotatable bonds is 8. The molecule has 0 amide bonds. The second-order valence-electron chi connectivity index (χ2n) is 6.12. The van der Waals surface area contributed by atoms with Crippen molar-refractivity contribution in [2.24, 2.45) is 0 Å². The molecule has 0 saturated heterocycles. The second kappa shape index (κ2) is 9.23. The number of benzene rings is 2. The smallest absolute Gasteiger partial charge is 0.274 e. The minimum absolute atomic E-state index is 0.265. The molecule has 1 aromatic heterocycles. The molecule has 0 saturated carbocycles. The number of anilines is 1. The highest BCUT2D eigenvalue weighted by molar-refractivity contribution is 6.30. The molecule has 0 fully saturated rings. The van der Waals surface area contributed by atoms with Crippen molar-refractivity contribution in [3.63, 3.8) is 0 Å². The Labute approximate surface area is 167 Å².